The fourth-order valence-electron chi connectivity index (χ4n) is 14.2. The van der Waals surface area contributed by atoms with Gasteiger partial charge in [0.1, 0.15) is 34.9 Å². The molecule has 13 rings (SSSR count). The van der Waals surface area contributed by atoms with Crippen LogP contribution in [0.2, 0.25) is 15.1 Å². The van der Waals surface area contributed by atoms with Gasteiger partial charge in [-0.15, -0.1) is 0 Å². The molecule has 1 aromatic heterocycles. The maximum absolute atomic E-state index is 15.2. The summed E-state index contributed by atoms with van der Waals surface area (Å²) in [6.07, 6.45) is 4.00. The van der Waals surface area contributed by atoms with E-state index in [1.54, 1.807) is 43.4 Å². The van der Waals surface area contributed by atoms with Crippen LogP contribution >= 0.6 is 34.8 Å². The monoisotopic (exact) mass is 1290 g/mol. The van der Waals surface area contributed by atoms with Crippen molar-refractivity contribution in [1.82, 2.24) is 15.9 Å². The van der Waals surface area contributed by atoms with Crippen molar-refractivity contribution in [1.29, 1.82) is 0 Å². The van der Waals surface area contributed by atoms with Crippen molar-refractivity contribution in [3.05, 3.63) is 214 Å². The third-order valence-electron chi connectivity index (χ3n) is 18.0. The first-order valence-electron chi connectivity index (χ1n) is 28.2. The van der Waals surface area contributed by atoms with Crippen LogP contribution in [0.5, 0.6) is 17.2 Å². The van der Waals surface area contributed by atoms with Crippen molar-refractivity contribution in [2.45, 2.75) is 101 Å². The summed E-state index contributed by atoms with van der Waals surface area (Å²) in [6.45, 7) is 1.36. The van der Waals surface area contributed by atoms with Gasteiger partial charge in [0.25, 0.3) is 11.5 Å². The van der Waals surface area contributed by atoms with Gasteiger partial charge >= 0.3 is 5.97 Å². The van der Waals surface area contributed by atoms with Crippen LogP contribution in [0.4, 0.5) is 26.3 Å². The second-order valence-corrected chi connectivity index (χ2v) is 24.3. The lowest BCUT2D eigenvalue weighted by molar-refractivity contribution is -0.157. The summed E-state index contributed by atoms with van der Waals surface area (Å²) >= 11 is 18.0. The number of nitrogens with zero attached hydrogens (tertiary/aromatic N) is 1. The number of aliphatic carboxylic acids is 1. The minimum absolute atomic E-state index is 0. The summed E-state index contributed by atoms with van der Waals surface area (Å²) < 4.78 is 111. The van der Waals surface area contributed by atoms with Gasteiger partial charge < -0.3 is 30.2 Å². The van der Waals surface area contributed by atoms with Gasteiger partial charge in [0.15, 0.2) is 34.7 Å². The second kappa shape index (κ2) is 27.3. The first-order chi connectivity index (χ1) is 41.5. The van der Waals surface area contributed by atoms with Gasteiger partial charge in [-0.2, -0.15) is 0 Å². The molecule has 3 aliphatic carbocycles. The molecule has 6 aromatic carbocycles. The number of carbonyl (C=O) groups is 4. The lowest BCUT2D eigenvalue weighted by Crippen LogP contribution is -2.55. The highest BCUT2D eigenvalue weighted by Crippen LogP contribution is 2.57. The van der Waals surface area contributed by atoms with Crippen LogP contribution in [0, 0.1) is 52.7 Å². The third-order valence-corrected chi connectivity index (χ3v) is 18.8. The number of ketones is 2. The van der Waals surface area contributed by atoms with Crippen molar-refractivity contribution < 1.29 is 69.6 Å². The van der Waals surface area contributed by atoms with E-state index in [1.165, 1.54) is 11.8 Å². The molecule has 13 nitrogen and oxygen atoms in total. The number of rotatable bonds is 7. The molecule has 7 atom stereocenters. The number of carboxylic acids is 1. The molecule has 22 heteroatoms. The summed E-state index contributed by atoms with van der Waals surface area (Å²) in [5.74, 6) is -7.48. The fraction of sp³-hybridized carbons (Fsp3) is 0.358. The molecule has 0 spiro atoms. The van der Waals surface area contributed by atoms with E-state index in [1.807, 2.05) is 36.4 Å². The third kappa shape index (κ3) is 13.0. The Morgan fingerprint density at radius 3 is 1.47 bits per heavy atom. The van der Waals surface area contributed by atoms with Gasteiger partial charge in [0, 0.05) is 110 Å². The van der Waals surface area contributed by atoms with Gasteiger partial charge in [0.05, 0.1) is 26.9 Å². The lowest BCUT2D eigenvalue weighted by atomic mass is 9.55. The number of aromatic nitrogens is 2. The number of benzene rings is 6. The number of esters is 1. The Labute approximate surface area is 525 Å². The Morgan fingerprint density at radius 1 is 0.596 bits per heavy atom. The lowest BCUT2D eigenvalue weighted by Gasteiger charge is -2.50. The second-order valence-electron chi connectivity index (χ2n) is 23.0. The molecule has 89 heavy (non-hydrogen) atoms. The first-order valence-corrected chi connectivity index (χ1v) is 29.3. The van der Waals surface area contributed by atoms with E-state index in [9.17, 15) is 36.7 Å². The van der Waals surface area contributed by atoms with Crippen LogP contribution in [-0.4, -0.2) is 65.3 Å². The van der Waals surface area contributed by atoms with Gasteiger partial charge in [-0.05, 0) is 134 Å². The maximum atomic E-state index is 15.2. The molecule has 472 valence electrons. The standard InChI is InChI=1S/C22H19ClF2N2O2.C22H19ClF2O4.C20H17ClF2O2.C2H4O2.CH4.H3N/c1-27-21(28)18-14-11-29-20-16(25)7-6-15(24)19(20)22(14,9-8-17(18)26-27)10-12-2-4-13(23)5-3-12;1-28-21(27)18-14-11-29-20-16(25)7-6-15(24)19(20)22(14,9-8-17(18)26)10-12-2-4-13(23)5-3-12;21-14-3-1-12(2-4-14)10-20-8-7-15(24)9-13(20)11-25-19-17(23)6-5-16(22)18(19)20;1-2(3)4;;/h2-7,14,26H,8-11H2,1H3;2-7,14,18H,8-11H2,1H3;1-6,13H,7-11H2;1H3,(H,3,4);1H4;1H3/t14-,22-;14-,18-,22-;13-,20+;;;/m001.../s1. The smallest absolute Gasteiger partial charge is 0.316 e. The molecule has 0 radical (unpaired) electrons. The van der Waals surface area contributed by atoms with Gasteiger partial charge in [0.2, 0.25) is 0 Å². The predicted octanol–water partition coefficient (Wildman–Crippen LogP) is 14.3. The molecule has 3 aliphatic heterocycles. The minimum atomic E-state index is -1.09. The van der Waals surface area contributed by atoms with E-state index in [0.717, 1.165) is 65.7 Å². The van der Waals surface area contributed by atoms with Crippen LogP contribution in [0.25, 0.3) is 0 Å². The molecule has 0 saturated heterocycles. The fourth-order valence-corrected chi connectivity index (χ4v) is 14.6. The SMILES string of the molecule is C.CC(=O)O.COC(=O)[C@@H]1C(=O)CC[C@@]2(Cc3ccc(Cl)cc3)c3c(F)ccc(F)c3OC[C@@H]12.Cn1[nH]c2c(c1=O)[C@@H]1COc3c(F)ccc(F)c3[C@]1(Cc1ccc(Cl)cc1)CC2.N.O=C1CC[C@@]2(Cc3ccc(Cl)cc3)c3c(F)ccc(F)c3OC[C@H]2C1. The number of H-pyrrole nitrogens is 1. The number of halogens is 9. The number of fused-ring (bicyclic) bond motifs is 11. The zero-order valence-corrected chi connectivity index (χ0v) is 50.3. The van der Waals surface area contributed by atoms with Crippen LogP contribution < -0.4 is 25.9 Å². The number of Topliss-reactive ketones (excluding diaryl/α,β-unsaturated/α-hetero) is 2. The quantitative estimate of drug-likeness (QED) is 0.0780. The molecule has 6 aliphatic rings. The topological polar surface area (TPSA) is 198 Å². The largest absolute Gasteiger partial charge is 0.490 e. The Balaban J connectivity index is 0.000000166. The van der Waals surface area contributed by atoms with Crippen LogP contribution in [0.1, 0.15) is 103 Å². The number of hydrogen-bond donors (Lipinski definition) is 3. The number of aryl methyl sites for hydroxylation is 2. The van der Waals surface area contributed by atoms with Crippen LogP contribution in [-0.2, 0) is 72.9 Å². The maximum Gasteiger partial charge on any atom is 0.316 e. The molecule has 2 saturated carbocycles. The summed E-state index contributed by atoms with van der Waals surface area (Å²) in [7, 11) is 2.88. The Bertz CT molecular complexity index is 3860. The van der Waals surface area contributed by atoms with Gasteiger partial charge in [-0.25, -0.2) is 26.3 Å². The van der Waals surface area contributed by atoms with E-state index in [-0.39, 0.29) is 109 Å². The zero-order valence-electron chi connectivity index (χ0n) is 48.1. The van der Waals surface area contributed by atoms with Crippen molar-refractivity contribution >= 4 is 58.3 Å². The number of nitrogens with one attached hydrogen (secondary N) is 1. The van der Waals surface area contributed by atoms with Gasteiger partial charge in [-0.3, -0.25) is 33.8 Å². The molecule has 7 aromatic rings. The Kier molecular flexibility index (Phi) is 20.6. The highest BCUT2D eigenvalue weighted by molar-refractivity contribution is 6.31. The highest BCUT2D eigenvalue weighted by atomic mass is 35.5. The average molecular weight is 1290 g/mol. The van der Waals surface area contributed by atoms with Crippen LogP contribution in [0.15, 0.2) is 114 Å². The predicted molar refractivity (Wildman–Crippen MR) is 324 cm³/mol. The van der Waals surface area contributed by atoms with E-state index < -0.39 is 74.9 Å². The molecule has 0 amide bonds. The number of hydrogen-bond acceptors (Lipinski definition) is 10. The summed E-state index contributed by atoms with van der Waals surface area (Å²) in [5.41, 5.74) is 2.29. The average Bonchev–Trinajstić information content (AvgIpc) is 1.59. The van der Waals surface area contributed by atoms with Crippen molar-refractivity contribution in [3.63, 3.8) is 0 Å². The molecule has 2 fully saturated rings. The van der Waals surface area contributed by atoms with E-state index in [4.69, 9.17) is 63.7 Å². The molecule has 4 heterocycles. The highest BCUT2D eigenvalue weighted by Gasteiger charge is 2.58. The Morgan fingerprint density at radius 2 is 0.989 bits per heavy atom. The van der Waals surface area contributed by atoms with E-state index in [0.29, 0.717) is 72.0 Å². The number of carbonyl (C=O) groups excluding carboxylic acids is 3. The molecule has 5 N–H and O–H groups in total. The minimum Gasteiger partial charge on any atom is -0.490 e. The Hall–Kier alpha value is -7.58. The first kappa shape index (κ1) is 67.4. The van der Waals surface area contributed by atoms with Crippen molar-refractivity contribution in [3.8, 4) is 17.2 Å². The molecule has 0 unspecified atom stereocenters. The molecular formula is C67H66Cl3F6N3O10. The van der Waals surface area contributed by atoms with Crippen LogP contribution in [0.3, 0.4) is 0 Å². The van der Waals surface area contributed by atoms with E-state index >= 15 is 8.78 Å². The van der Waals surface area contributed by atoms with Gasteiger partial charge in [-0.1, -0.05) is 78.6 Å². The summed E-state index contributed by atoms with van der Waals surface area (Å²) in [4.78, 5) is 58.9. The number of carboxylic acid groups (broad SMARTS) is 1. The van der Waals surface area contributed by atoms with Crippen molar-refractivity contribution in [2.75, 3.05) is 26.9 Å². The molecular weight excluding hydrogens is 1230 g/mol. The number of ether oxygens (including phenoxy) is 4. The summed E-state index contributed by atoms with van der Waals surface area (Å²) in [6, 6.07) is 28.4. The zero-order chi connectivity index (χ0) is 62.3. The van der Waals surface area contributed by atoms with Crippen molar-refractivity contribution in [2.24, 2.45) is 24.8 Å². The normalized spacial score (nSPS) is 23.0. The number of methoxy groups -OCH3 is 1. The molecule has 0 bridgehead atoms. The summed E-state index contributed by atoms with van der Waals surface area (Å²) in [5, 5.41) is 12.3. The number of aromatic amines is 1. The van der Waals surface area contributed by atoms with E-state index in [2.05, 4.69) is 5.10 Å².